The summed E-state index contributed by atoms with van der Waals surface area (Å²) in [6.07, 6.45) is 0. The predicted molar refractivity (Wildman–Crippen MR) is 148 cm³/mol. The van der Waals surface area contributed by atoms with Crippen LogP contribution < -0.4 is 20.2 Å². The number of nitrogens with zero attached hydrogens (tertiary/aromatic N) is 1. The molecule has 1 saturated heterocycles. The number of nitrogens with one attached hydrogen (secondary N) is 3. The summed E-state index contributed by atoms with van der Waals surface area (Å²) in [4.78, 5) is 16.1. The van der Waals surface area contributed by atoms with Gasteiger partial charge in [0.2, 0.25) is 0 Å². The fourth-order valence-electron chi connectivity index (χ4n) is 5.33. The summed E-state index contributed by atoms with van der Waals surface area (Å²) >= 11 is 0. The maximum atomic E-state index is 13.2. The van der Waals surface area contributed by atoms with Gasteiger partial charge in [-0.15, -0.1) is 0 Å². The fourth-order valence-corrected chi connectivity index (χ4v) is 5.33. The van der Waals surface area contributed by atoms with E-state index in [1.165, 1.54) is 16.0 Å². The van der Waals surface area contributed by atoms with Gasteiger partial charge in [0.05, 0.1) is 12.2 Å². The predicted octanol–water partition coefficient (Wildman–Crippen LogP) is 2.30. The van der Waals surface area contributed by atoms with Crippen molar-refractivity contribution in [1.82, 2.24) is 5.43 Å². The van der Waals surface area contributed by atoms with Crippen LogP contribution in [0.1, 0.15) is 22.7 Å². The number of anilines is 1. The lowest BCUT2D eigenvalue weighted by Crippen LogP contribution is -3.28. The molecule has 37 heavy (non-hydrogen) atoms. The van der Waals surface area contributed by atoms with Crippen LogP contribution in [0.3, 0.4) is 0 Å². The van der Waals surface area contributed by atoms with Crippen LogP contribution in [-0.2, 0) is 11.3 Å². The standard InChI is InChI=1S/C32H34N4O/c37-31(33-36(30-19-11-4-12-20-30)25-27-13-5-1-6-14-27)26-34-21-23-35(24-22-34)32(28-15-7-2-8-16-28)29-17-9-3-10-18-29/h1-20,32H,21-26H2,(H,33,37)/p+2. The van der Waals surface area contributed by atoms with Gasteiger partial charge in [0.1, 0.15) is 32.2 Å². The van der Waals surface area contributed by atoms with Crippen LogP contribution >= 0.6 is 0 Å². The number of hydrogen-bond donors (Lipinski definition) is 3. The van der Waals surface area contributed by atoms with Crippen molar-refractivity contribution < 1.29 is 14.6 Å². The minimum Gasteiger partial charge on any atom is -0.318 e. The van der Waals surface area contributed by atoms with Crippen molar-refractivity contribution in [3.8, 4) is 0 Å². The van der Waals surface area contributed by atoms with Gasteiger partial charge in [-0.1, -0.05) is 109 Å². The lowest BCUT2D eigenvalue weighted by molar-refractivity contribution is -1.02. The number of quaternary nitrogens is 2. The van der Waals surface area contributed by atoms with Crippen LogP contribution in [0.15, 0.2) is 121 Å². The van der Waals surface area contributed by atoms with Crippen molar-refractivity contribution in [1.29, 1.82) is 0 Å². The molecule has 1 aliphatic heterocycles. The molecule has 0 unspecified atom stereocenters. The monoisotopic (exact) mass is 492 g/mol. The molecular weight excluding hydrogens is 456 g/mol. The molecule has 0 bridgehead atoms. The second-order valence-electron chi connectivity index (χ2n) is 9.78. The van der Waals surface area contributed by atoms with E-state index in [-0.39, 0.29) is 5.91 Å². The number of carbonyl (C=O) groups is 1. The topological polar surface area (TPSA) is 41.2 Å². The first-order chi connectivity index (χ1) is 18.3. The summed E-state index contributed by atoms with van der Waals surface area (Å²) in [6.45, 7) is 5.12. The minimum absolute atomic E-state index is 0.0564. The largest absolute Gasteiger partial charge is 0.318 e. The third-order valence-corrected chi connectivity index (χ3v) is 7.19. The molecule has 0 aliphatic carbocycles. The molecule has 0 radical (unpaired) electrons. The van der Waals surface area contributed by atoms with E-state index in [9.17, 15) is 4.79 Å². The first kappa shape index (κ1) is 24.8. The number of benzene rings is 4. The molecule has 0 atom stereocenters. The zero-order valence-corrected chi connectivity index (χ0v) is 21.2. The Morgan fingerprint density at radius 2 is 1.16 bits per heavy atom. The first-order valence-corrected chi connectivity index (χ1v) is 13.2. The van der Waals surface area contributed by atoms with Gasteiger partial charge >= 0.3 is 0 Å². The van der Waals surface area contributed by atoms with E-state index < -0.39 is 0 Å². The van der Waals surface area contributed by atoms with E-state index in [4.69, 9.17) is 0 Å². The van der Waals surface area contributed by atoms with Gasteiger partial charge in [-0.2, -0.15) is 0 Å². The Kier molecular flexibility index (Phi) is 8.26. The van der Waals surface area contributed by atoms with Crippen molar-refractivity contribution in [3.05, 3.63) is 138 Å². The average Bonchev–Trinajstić information content (AvgIpc) is 2.96. The Hall–Kier alpha value is -3.93. The zero-order valence-electron chi connectivity index (χ0n) is 21.2. The Labute approximate surface area is 219 Å². The Bertz CT molecular complexity index is 1190. The molecular formula is C32H36N4O+2. The lowest BCUT2D eigenvalue weighted by Gasteiger charge is -2.35. The van der Waals surface area contributed by atoms with Crippen molar-refractivity contribution in [2.24, 2.45) is 0 Å². The molecule has 1 heterocycles. The highest BCUT2D eigenvalue weighted by molar-refractivity contribution is 5.78. The van der Waals surface area contributed by atoms with Crippen molar-refractivity contribution in [2.75, 3.05) is 37.7 Å². The molecule has 1 amide bonds. The van der Waals surface area contributed by atoms with Crippen molar-refractivity contribution >= 4 is 11.6 Å². The molecule has 5 nitrogen and oxygen atoms in total. The van der Waals surface area contributed by atoms with Crippen molar-refractivity contribution in [2.45, 2.75) is 12.6 Å². The van der Waals surface area contributed by atoms with Crippen LogP contribution in [0.25, 0.3) is 0 Å². The Morgan fingerprint density at radius 3 is 1.70 bits per heavy atom. The molecule has 1 aliphatic rings. The van der Waals surface area contributed by atoms with Gasteiger partial charge < -0.3 is 9.80 Å². The highest BCUT2D eigenvalue weighted by atomic mass is 16.2. The van der Waals surface area contributed by atoms with E-state index in [0.29, 0.717) is 19.1 Å². The highest BCUT2D eigenvalue weighted by Crippen LogP contribution is 2.19. The SMILES string of the molecule is O=C(C[NH+]1CC[NH+](C(c2ccccc2)c2ccccc2)CC1)NN(Cc1ccccc1)c1ccccc1. The molecule has 1 fully saturated rings. The van der Waals surface area contributed by atoms with E-state index in [1.807, 2.05) is 53.5 Å². The van der Waals surface area contributed by atoms with Crippen LogP contribution in [-0.4, -0.2) is 38.6 Å². The summed E-state index contributed by atoms with van der Waals surface area (Å²) in [5.74, 6) is 0.0564. The van der Waals surface area contributed by atoms with Gasteiger partial charge in [-0.25, -0.2) is 0 Å². The zero-order chi connectivity index (χ0) is 25.3. The summed E-state index contributed by atoms with van der Waals surface area (Å²) in [5.41, 5.74) is 8.02. The summed E-state index contributed by atoms with van der Waals surface area (Å²) in [7, 11) is 0. The number of amides is 1. The van der Waals surface area contributed by atoms with Gasteiger partial charge in [0, 0.05) is 11.1 Å². The van der Waals surface area contributed by atoms with Gasteiger partial charge in [0.25, 0.3) is 5.91 Å². The number of para-hydroxylation sites is 1. The molecule has 4 aromatic rings. The average molecular weight is 493 g/mol. The summed E-state index contributed by atoms with van der Waals surface area (Å²) < 4.78 is 0. The smallest absolute Gasteiger partial charge is 0.293 e. The third kappa shape index (κ3) is 6.64. The van der Waals surface area contributed by atoms with Crippen molar-refractivity contribution in [3.63, 3.8) is 0 Å². The van der Waals surface area contributed by atoms with Gasteiger partial charge in [-0.3, -0.25) is 15.2 Å². The summed E-state index contributed by atoms with van der Waals surface area (Å²) in [6, 6.07) is 42.3. The highest BCUT2D eigenvalue weighted by Gasteiger charge is 2.32. The molecule has 5 heteroatoms. The van der Waals surface area contributed by atoms with Gasteiger partial charge in [-0.05, 0) is 17.7 Å². The fraction of sp³-hybridized carbons (Fsp3) is 0.219. The second kappa shape index (κ2) is 12.3. The molecule has 0 saturated carbocycles. The van der Waals surface area contributed by atoms with Crippen LogP contribution in [0.4, 0.5) is 5.69 Å². The molecule has 0 spiro atoms. The maximum absolute atomic E-state index is 13.2. The van der Waals surface area contributed by atoms with Gasteiger partial charge in [0.15, 0.2) is 6.54 Å². The Morgan fingerprint density at radius 1 is 0.676 bits per heavy atom. The molecule has 0 aromatic heterocycles. The maximum Gasteiger partial charge on any atom is 0.293 e. The van der Waals surface area contributed by atoms with E-state index in [0.717, 1.165) is 37.4 Å². The van der Waals surface area contributed by atoms with E-state index in [1.54, 1.807) is 4.90 Å². The summed E-state index contributed by atoms with van der Waals surface area (Å²) in [5, 5.41) is 1.96. The quantitative estimate of drug-likeness (QED) is 0.314. The normalized spacial score (nSPS) is 17.3. The first-order valence-electron chi connectivity index (χ1n) is 13.2. The Balaban J connectivity index is 1.21. The number of rotatable bonds is 9. The number of hydrazine groups is 1. The number of piperazine rings is 1. The minimum atomic E-state index is 0.0564. The molecule has 3 N–H and O–H groups in total. The number of carbonyl (C=O) groups excluding carboxylic acids is 1. The van der Waals surface area contributed by atoms with E-state index >= 15 is 0 Å². The lowest BCUT2D eigenvalue weighted by atomic mass is 9.96. The van der Waals surface area contributed by atoms with Crippen LogP contribution in [0.5, 0.6) is 0 Å². The third-order valence-electron chi connectivity index (χ3n) is 7.19. The molecule has 5 rings (SSSR count). The van der Waals surface area contributed by atoms with E-state index in [2.05, 4.69) is 78.2 Å². The van der Waals surface area contributed by atoms with Crippen LogP contribution in [0, 0.1) is 0 Å². The number of hydrogen-bond acceptors (Lipinski definition) is 2. The molecule has 4 aromatic carbocycles. The second-order valence-corrected chi connectivity index (χ2v) is 9.78. The molecule has 188 valence electrons. The van der Waals surface area contributed by atoms with Crippen LogP contribution in [0.2, 0.25) is 0 Å².